The lowest BCUT2D eigenvalue weighted by molar-refractivity contribution is -0.126. The van der Waals surface area contributed by atoms with Gasteiger partial charge in [0, 0.05) is 19.1 Å². The summed E-state index contributed by atoms with van der Waals surface area (Å²) in [5.41, 5.74) is 0. The Morgan fingerprint density at radius 2 is 2.50 bits per heavy atom. The third kappa shape index (κ3) is 2.21. The summed E-state index contributed by atoms with van der Waals surface area (Å²) in [4.78, 5) is 11.3. The van der Waals surface area contributed by atoms with E-state index >= 15 is 0 Å². The molecule has 0 saturated carbocycles. The van der Waals surface area contributed by atoms with Crippen molar-refractivity contribution in [3.8, 4) is 6.07 Å². The minimum Gasteiger partial charge on any atom is -0.352 e. The number of hydrogen-bond acceptors (Lipinski definition) is 3. The lowest BCUT2D eigenvalue weighted by Gasteiger charge is -2.26. The highest BCUT2D eigenvalue weighted by Gasteiger charge is 2.25. The summed E-state index contributed by atoms with van der Waals surface area (Å²) in [6.07, 6.45) is 0.381. The van der Waals surface area contributed by atoms with Gasteiger partial charge in [0.15, 0.2) is 0 Å². The second kappa shape index (κ2) is 4.07. The van der Waals surface area contributed by atoms with E-state index in [0.29, 0.717) is 6.42 Å². The fraction of sp³-hybridized carbons (Fsp3) is 0.750. The summed E-state index contributed by atoms with van der Waals surface area (Å²) in [7, 11) is 0. The number of nitrogens with one attached hydrogen (secondary N) is 2. The number of amides is 1. The molecule has 0 aromatic rings. The Hall–Kier alpha value is -1.08. The third-order valence-corrected chi connectivity index (χ3v) is 1.94. The molecular formula is C8H13N3O. The van der Waals surface area contributed by atoms with Crippen molar-refractivity contribution in [2.45, 2.75) is 19.4 Å². The molecule has 66 valence electrons. The zero-order valence-corrected chi connectivity index (χ0v) is 7.13. The fourth-order valence-corrected chi connectivity index (χ4v) is 1.02. The molecule has 1 saturated heterocycles. The van der Waals surface area contributed by atoms with Crippen LogP contribution < -0.4 is 10.6 Å². The van der Waals surface area contributed by atoms with Gasteiger partial charge in [-0.05, 0) is 6.92 Å². The predicted molar refractivity (Wildman–Crippen MR) is 44.2 cm³/mol. The van der Waals surface area contributed by atoms with E-state index in [1.165, 1.54) is 0 Å². The van der Waals surface area contributed by atoms with Crippen molar-refractivity contribution in [1.29, 1.82) is 5.26 Å². The molecule has 1 aliphatic rings. The number of hydrogen-bond donors (Lipinski definition) is 2. The van der Waals surface area contributed by atoms with Crippen LogP contribution >= 0.6 is 0 Å². The van der Waals surface area contributed by atoms with Crippen molar-refractivity contribution in [3.05, 3.63) is 0 Å². The van der Waals surface area contributed by atoms with Crippen LogP contribution in [0.25, 0.3) is 0 Å². The zero-order valence-electron chi connectivity index (χ0n) is 7.13. The lowest BCUT2D eigenvalue weighted by atomic mass is 10.0. The van der Waals surface area contributed by atoms with Gasteiger partial charge in [-0.25, -0.2) is 0 Å². The molecule has 0 aromatic heterocycles. The van der Waals surface area contributed by atoms with Gasteiger partial charge in [0.1, 0.15) is 0 Å². The summed E-state index contributed by atoms with van der Waals surface area (Å²) in [6.45, 7) is 3.38. The van der Waals surface area contributed by atoms with E-state index < -0.39 is 0 Å². The van der Waals surface area contributed by atoms with Crippen LogP contribution in [0.2, 0.25) is 0 Å². The fourth-order valence-electron chi connectivity index (χ4n) is 1.02. The maximum absolute atomic E-state index is 11.3. The van der Waals surface area contributed by atoms with Crippen molar-refractivity contribution in [1.82, 2.24) is 10.6 Å². The average Bonchev–Trinajstić information content (AvgIpc) is 1.82. The molecule has 0 spiro atoms. The first-order chi connectivity index (χ1) is 5.74. The predicted octanol–water partition coefficient (Wildman–Crippen LogP) is -0.376. The molecule has 4 nitrogen and oxygen atoms in total. The van der Waals surface area contributed by atoms with Crippen molar-refractivity contribution in [2.24, 2.45) is 5.92 Å². The van der Waals surface area contributed by atoms with Gasteiger partial charge in [-0.3, -0.25) is 4.79 Å². The van der Waals surface area contributed by atoms with Gasteiger partial charge in [0.25, 0.3) is 0 Å². The highest BCUT2D eigenvalue weighted by atomic mass is 16.2. The van der Waals surface area contributed by atoms with E-state index in [2.05, 4.69) is 10.6 Å². The maximum Gasteiger partial charge on any atom is 0.225 e. The second-order valence-corrected chi connectivity index (χ2v) is 3.13. The molecule has 2 N–H and O–H groups in total. The molecule has 0 aliphatic carbocycles. The van der Waals surface area contributed by atoms with E-state index in [-0.39, 0.29) is 17.9 Å². The smallest absolute Gasteiger partial charge is 0.225 e. The molecule has 1 atom stereocenters. The Morgan fingerprint density at radius 3 is 2.92 bits per heavy atom. The normalized spacial score (nSPS) is 19.0. The lowest BCUT2D eigenvalue weighted by Crippen LogP contribution is -2.52. The van der Waals surface area contributed by atoms with Crippen molar-refractivity contribution in [2.75, 3.05) is 13.1 Å². The monoisotopic (exact) mass is 167 g/mol. The molecule has 1 fully saturated rings. The maximum atomic E-state index is 11.3. The number of nitrogens with zero attached hydrogens (tertiary/aromatic N) is 1. The first-order valence-electron chi connectivity index (χ1n) is 4.12. The van der Waals surface area contributed by atoms with Gasteiger partial charge in [-0.1, -0.05) is 0 Å². The summed E-state index contributed by atoms with van der Waals surface area (Å²) >= 11 is 0. The van der Waals surface area contributed by atoms with Gasteiger partial charge in [-0.2, -0.15) is 5.26 Å². The SMILES string of the molecule is CC(CC#N)NC(=O)C1CNC1. The van der Waals surface area contributed by atoms with Crippen LogP contribution in [0, 0.1) is 17.2 Å². The van der Waals surface area contributed by atoms with Crippen molar-refractivity contribution < 1.29 is 4.79 Å². The van der Waals surface area contributed by atoms with E-state index in [1.54, 1.807) is 0 Å². The van der Waals surface area contributed by atoms with Gasteiger partial charge in [0.2, 0.25) is 5.91 Å². The zero-order chi connectivity index (χ0) is 8.97. The minimum atomic E-state index is -0.0249. The van der Waals surface area contributed by atoms with E-state index in [0.717, 1.165) is 13.1 Å². The molecule has 0 bridgehead atoms. The molecule has 0 radical (unpaired) electrons. The molecule has 1 rings (SSSR count). The summed E-state index contributed by atoms with van der Waals surface area (Å²) in [5, 5.41) is 14.1. The van der Waals surface area contributed by atoms with Crippen LogP contribution in [-0.2, 0) is 4.79 Å². The molecule has 1 amide bonds. The topological polar surface area (TPSA) is 64.9 Å². The molecule has 1 aliphatic heterocycles. The molecule has 4 heteroatoms. The van der Waals surface area contributed by atoms with E-state index in [4.69, 9.17) is 5.26 Å². The number of carbonyl (C=O) groups is 1. The van der Waals surface area contributed by atoms with Gasteiger partial charge >= 0.3 is 0 Å². The summed E-state index contributed by atoms with van der Waals surface area (Å²) < 4.78 is 0. The van der Waals surface area contributed by atoms with Gasteiger partial charge < -0.3 is 10.6 Å². The Bertz CT molecular complexity index is 205. The standard InChI is InChI=1S/C8H13N3O/c1-6(2-3-9)11-8(12)7-4-10-5-7/h6-7,10H,2,4-5H2,1H3,(H,11,12). The Kier molecular flexibility index (Phi) is 3.06. The Balaban J connectivity index is 2.21. The molecule has 1 unspecified atom stereocenters. The van der Waals surface area contributed by atoms with Crippen LogP contribution in [0.15, 0.2) is 0 Å². The number of nitriles is 1. The van der Waals surface area contributed by atoms with Crippen LogP contribution in [0.3, 0.4) is 0 Å². The molecular weight excluding hydrogens is 154 g/mol. The summed E-state index contributed by atoms with van der Waals surface area (Å²) in [5.74, 6) is 0.183. The average molecular weight is 167 g/mol. The highest BCUT2D eigenvalue weighted by molar-refractivity contribution is 5.80. The van der Waals surface area contributed by atoms with Crippen LogP contribution in [0.4, 0.5) is 0 Å². The molecule has 12 heavy (non-hydrogen) atoms. The quantitative estimate of drug-likeness (QED) is 0.602. The van der Waals surface area contributed by atoms with Gasteiger partial charge in [0.05, 0.1) is 18.4 Å². The van der Waals surface area contributed by atoms with Gasteiger partial charge in [-0.15, -0.1) is 0 Å². The minimum absolute atomic E-state index is 0.0249. The summed E-state index contributed by atoms with van der Waals surface area (Å²) in [6, 6.07) is 1.99. The Morgan fingerprint density at radius 1 is 1.83 bits per heavy atom. The molecule has 1 heterocycles. The first kappa shape index (κ1) is 9.01. The molecule has 0 aromatic carbocycles. The number of rotatable bonds is 3. The number of carbonyl (C=O) groups excluding carboxylic acids is 1. The largest absolute Gasteiger partial charge is 0.352 e. The van der Waals surface area contributed by atoms with Crippen LogP contribution in [-0.4, -0.2) is 25.0 Å². The van der Waals surface area contributed by atoms with Crippen molar-refractivity contribution in [3.63, 3.8) is 0 Å². The highest BCUT2D eigenvalue weighted by Crippen LogP contribution is 2.03. The Labute approximate surface area is 71.9 Å². The van der Waals surface area contributed by atoms with Crippen molar-refractivity contribution >= 4 is 5.91 Å². The first-order valence-corrected chi connectivity index (χ1v) is 4.12. The van der Waals surface area contributed by atoms with Crippen LogP contribution in [0.5, 0.6) is 0 Å². The van der Waals surface area contributed by atoms with E-state index in [9.17, 15) is 4.79 Å². The van der Waals surface area contributed by atoms with Crippen LogP contribution in [0.1, 0.15) is 13.3 Å². The second-order valence-electron chi connectivity index (χ2n) is 3.13. The third-order valence-electron chi connectivity index (χ3n) is 1.94. The van der Waals surface area contributed by atoms with E-state index in [1.807, 2.05) is 13.0 Å².